The molecule has 3 rings (SSSR count). The summed E-state index contributed by atoms with van der Waals surface area (Å²) in [5.41, 5.74) is 9.95. The molecular formula is C15H18ClN5. The molecule has 0 bridgehead atoms. The van der Waals surface area contributed by atoms with Gasteiger partial charge in [-0.25, -0.2) is 4.98 Å². The van der Waals surface area contributed by atoms with Crippen molar-refractivity contribution in [1.29, 1.82) is 0 Å². The van der Waals surface area contributed by atoms with Crippen LogP contribution in [0.4, 0.5) is 5.95 Å². The number of fused-ring (bicyclic) bond motifs is 1. The fourth-order valence-corrected chi connectivity index (χ4v) is 2.81. The van der Waals surface area contributed by atoms with Gasteiger partial charge in [-0.3, -0.25) is 9.25 Å². The van der Waals surface area contributed by atoms with Gasteiger partial charge < -0.3 is 5.73 Å². The van der Waals surface area contributed by atoms with Crippen molar-refractivity contribution in [2.45, 2.75) is 26.3 Å². The van der Waals surface area contributed by atoms with Crippen LogP contribution in [-0.2, 0) is 20.0 Å². The van der Waals surface area contributed by atoms with E-state index >= 15 is 0 Å². The summed E-state index contributed by atoms with van der Waals surface area (Å²) < 4.78 is 3.81. The molecule has 0 atom stereocenters. The van der Waals surface area contributed by atoms with Crippen molar-refractivity contribution in [3.63, 3.8) is 0 Å². The van der Waals surface area contributed by atoms with Crippen molar-refractivity contribution < 1.29 is 0 Å². The Bertz CT molecular complexity index is 787. The third-order valence-electron chi connectivity index (χ3n) is 3.59. The van der Waals surface area contributed by atoms with Crippen LogP contribution in [0.25, 0.3) is 11.2 Å². The maximum absolute atomic E-state index is 6.24. The Balaban J connectivity index is 2.10. The Hall–Kier alpha value is -2.01. The molecule has 0 amide bonds. The van der Waals surface area contributed by atoms with Crippen LogP contribution in [-0.4, -0.2) is 19.3 Å². The van der Waals surface area contributed by atoms with Gasteiger partial charge in [-0.2, -0.15) is 5.10 Å². The second-order valence-corrected chi connectivity index (χ2v) is 5.55. The number of nitrogens with two attached hydrogens (primary N) is 1. The standard InChI is InChI=1S/C15H18ClN5/c1-3-6-12-13-14(20(2)19-12)21(15(17)18-13)9-10-7-4-5-8-11(10)16/h4-5,7-8H,3,6,9H2,1-2H3,(H2,17,18). The highest BCUT2D eigenvalue weighted by Crippen LogP contribution is 2.25. The van der Waals surface area contributed by atoms with Gasteiger partial charge in [0, 0.05) is 12.1 Å². The molecule has 110 valence electrons. The van der Waals surface area contributed by atoms with Gasteiger partial charge in [0.15, 0.2) is 5.65 Å². The maximum Gasteiger partial charge on any atom is 0.202 e. The van der Waals surface area contributed by atoms with E-state index in [1.807, 2.05) is 40.6 Å². The van der Waals surface area contributed by atoms with E-state index in [0.717, 1.165) is 40.3 Å². The Labute approximate surface area is 128 Å². The minimum Gasteiger partial charge on any atom is -0.369 e. The van der Waals surface area contributed by atoms with Gasteiger partial charge in [0.1, 0.15) is 5.52 Å². The zero-order chi connectivity index (χ0) is 15.0. The molecule has 5 nitrogen and oxygen atoms in total. The summed E-state index contributed by atoms with van der Waals surface area (Å²) in [4.78, 5) is 4.49. The lowest BCUT2D eigenvalue weighted by Gasteiger charge is -2.08. The lowest BCUT2D eigenvalue weighted by Crippen LogP contribution is -2.08. The summed E-state index contributed by atoms with van der Waals surface area (Å²) in [6.07, 6.45) is 1.93. The fraction of sp³-hybridized carbons (Fsp3) is 0.333. The van der Waals surface area contributed by atoms with Crippen molar-refractivity contribution in [3.8, 4) is 0 Å². The van der Waals surface area contributed by atoms with Crippen molar-refractivity contribution in [2.75, 3.05) is 5.73 Å². The summed E-state index contributed by atoms with van der Waals surface area (Å²) >= 11 is 6.24. The number of nitrogen functional groups attached to an aromatic ring is 1. The van der Waals surface area contributed by atoms with E-state index in [1.165, 1.54) is 0 Å². The molecule has 2 aromatic heterocycles. The smallest absolute Gasteiger partial charge is 0.202 e. The summed E-state index contributed by atoms with van der Waals surface area (Å²) in [5, 5.41) is 5.28. The molecule has 0 unspecified atom stereocenters. The minimum absolute atomic E-state index is 0.496. The zero-order valence-electron chi connectivity index (χ0n) is 12.2. The number of halogens is 1. The highest BCUT2D eigenvalue weighted by Gasteiger charge is 2.18. The summed E-state index contributed by atoms with van der Waals surface area (Å²) in [6, 6.07) is 7.77. The largest absolute Gasteiger partial charge is 0.369 e. The predicted molar refractivity (Wildman–Crippen MR) is 85.5 cm³/mol. The van der Waals surface area contributed by atoms with E-state index in [-0.39, 0.29) is 0 Å². The molecule has 6 heteroatoms. The number of hydrogen-bond donors (Lipinski definition) is 1. The molecule has 2 N–H and O–H groups in total. The molecule has 0 aliphatic rings. The Morgan fingerprint density at radius 1 is 1.29 bits per heavy atom. The van der Waals surface area contributed by atoms with Crippen LogP contribution in [0.3, 0.4) is 0 Å². The molecule has 0 saturated carbocycles. The number of aromatic nitrogens is 4. The Morgan fingerprint density at radius 3 is 2.76 bits per heavy atom. The molecule has 0 saturated heterocycles. The van der Waals surface area contributed by atoms with Crippen molar-refractivity contribution >= 4 is 28.7 Å². The first-order valence-corrected chi connectivity index (χ1v) is 7.40. The van der Waals surface area contributed by atoms with Crippen LogP contribution in [0.1, 0.15) is 24.6 Å². The first kappa shape index (κ1) is 13.9. The van der Waals surface area contributed by atoms with Gasteiger partial charge in [0.05, 0.1) is 12.2 Å². The van der Waals surface area contributed by atoms with E-state index in [2.05, 4.69) is 17.0 Å². The van der Waals surface area contributed by atoms with Gasteiger partial charge in [0.25, 0.3) is 0 Å². The van der Waals surface area contributed by atoms with Crippen LogP contribution in [0.15, 0.2) is 24.3 Å². The Morgan fingerprint density at radius 2 is 2.05 bits per heavy atom. The fourth-order valence-electron chi connectivity index (χ4n) is 2.62. The summed E-state index contributed by atoms with van der Waals surface area (Å²) in [7, 11) is 1.92. The molecule has 0 spiro atoms. The first-order chi connectivity index (χ1) is 10.1. The third kappa shape index (κ3) is 2.38. The molecule has 2 heterocycles. The molecule has 0 aliphatic carbocycles. The molecule has 1 aromatic carbocycles. The quantitative estimate of drug-likeness (QED) is 0.806. The topological polar surface area (TPSA) is 61.7 Å². The number of imidazole rings is 1. The van der Waals surface area contributed by atoms with Gasteiger partial charge >= 0.3 is 0 Å². The number of benzene rings is 1. The van der Waals surface area contributed by atoms with Crippen molar-refractivity contribution in [3.05, 3.63) is 40.5 Å². The van der Waals surface area contributed by atoms with Gasteiger partial charge in [-0.1, -0.05) is 43.1 Å². The summed E-state index contributed by atoms with van der Waals surface area (Å²) in [6.45, 7) is 2.72. The normalized spacial score (nSPS) is 11.4. The van der Waals surface area contributed by atoms with Crippen LogP contribution in [0.5, 0.6) is 0 Å². The second-order valence-electron chi connectivity index (χ2n) is 5.14. The van der Waals surface area contributed by atoms with Crippen molar-refractivity contribution in [1.82, 2.24) is 19.3 Å². The molecule has 21 heavy (non-hydrogen) atoms. The third-order valence-corrected chi connectivity index (χ3v) is 3.96. The van der Waals surface area contributed by atoms with E-state index < -0.39 is 0 Å². The molecule has 3 aromatic rings. The lowest BCUT2D eigenvalue weighted by molar-refractivity contribution is 0.712. The van der Waals surface area contributed by atoms with Crippen LogP contribution in [0.2, 0.25) is 5.02 Å². The zero-order valence-corrected chi connectivity index (χ0v) is 12.9. The van der Waals surface area contributed by atoms with Crippen molar-refractivity contribution in [2.24, 2.45) is 7.05 Å². The second kappa shape index (κ2) is 5.41. The van der Waals surface area contributed by atoms with E-state index in [4.69, 9.17) is 17.3 Å². The monoisotopic (exact) mass is 303 g/mol. The SMILES string of the molecule is CCCc1nn(C)c2c1nc(N)n2Cc1ccccc1Cl. The van der Waals surface area contributed by atoms with E-state index in [9.17, 15) is 0 Å². The first-order valence-electron chi connectivity index (χ1n) is 7.02. The van der Waals surface area contributed by atoms with E-state index in [1.54, 1.807) is 0 Å². The molecule has 0 radical (unpaired) electrons. The van der Waals surface area contributed by atoms with Gasteiger partial charge in [-0.05, 0) is 18.1 Å². The molecule has 0 fully saturated rings. The number of hydrogen-bond acceptors (Lipinski definition) is 3. The average Bonchev–Trinajstić information content (AvgIpc) is 2.92. The number of rotatable bonds is 4. The highest BCUT2D eigenvalue weighted by molar-refractivity contribution is 6.31. The average molecular weight is 304 g/mol. The van der Waals surface area contributed by atoms with Crippen LogP contribution in [0, 0.1) is 0 Å². The highest BCUT2D eigenvalue weighted by atomic mass is 35.5. The number of aryl methyl sites for hydroxylation is 2. The molecule has 0 aliphatic heterocycles. The van der Waals surface area contributed by atoms with E-state index in [0.29, 0.717) is 12.5 Å². The summed E-state index contributed by atoms with van der Waals surface area (Å²) in [5.74, 6) is 0.496. The van der Waals surface area contributed by atoms with Crippen LogP contribution >= 0.6 is 11.6 Å². The van der Waals surface area contributed by atoms with Gasteiger partial charge in [-0.15, -0.1) is 0 Å². The van der Waals surface area contributed by atoms with Crippen LogP contribution < -0.4 is 5.73 Å². The maximum atomic E-state index is 6.24. The number of anilines is 1. The molecular weight excluding hydrogens is 286 g/mol. The number of nitrogens with zero attached hydrogens (tertiary/aromatic N) is 4. The van der Waals surface area contributed by atoms with Gasteiger partial charge in [0.2, 0.25) is 5.95 Å². The predicted octanol–water partition coefficient (Wildman–Crippen LogP) is 3.01. The minimum atomic E-state index is 0.496. The lowest BCUT2D eigenvalue weighted by atomic mass is 10.2. The Kier molecular flexibility index (Phi) is 3.59.